The lowest BCUT2D eigenvalue weighted by molar-refractivity contribution is -0.148. The average Bonchev–Trinajstić information content (AvgIpc) is 3.70. The predicted molar refractivity (Wildman–Crippen MR) is 144 cm³/mol. The molecule has 9 heteroatoms. The van der Waals surface area contributed by atoms with Gasteiger partial charge in [0.25, 0.3) is 0 Å². The Kier molecular flexibility index (Phi) is 9.22. The quantitative estimate of drug-likeness (QED) is 0.341. The van der Waals surface area contributed by atoms with Gasteiger partial charge in [0, 0.05) is 6.42 Å². The van der Waals surface area contributed by atoms with Crippen LogP contribution in [0.5, 0.6) is 5.75 Å². The summed E-state index contributed by atoms with van der Waals surface area (Å²) in [6.07, 6.45) is -3.62. The van der Waals surface area contributed by atoms with Gasteiger partial charge < -0.3 is 43.1 Å². The van der Waals surface area contributed by atoms with Crippen molar-refractivity contribution in [3.05, 3.63) is 89.9 Å². The van der Waals surface area contributed by atoms with Crippen molar-refractivity contribution in [1.82, 2.24) is 0 Å². The molecule has 9 nitrogen and oxygen atoms in total. The minimum absolute atomic E-state index is 0.226. The van der Waals surface area contributed by atoms with Crippen molar-refractivity contribution in [3.8, 4) is 5.75 Å². The van der Waals surface area contributed by atoms with Gasteiger partial charge in [-0.15, -0.1) is 0 Å². The van der Waals surface area contributed by atoms with Gasteiger partial charge in [0.1, 0.15) is 42.0 Å². The van der Waals surface area contributed by atoms with Crippen molar-refractivity contribution in [2.75, 3.05) is 13.7 Å². The summed E-state index contributed by atoms with van der Waals surface area (Å²) < 4.78 is 41.8. The Morgan fingerprint density at radius 1 is 0.900 bits per heavy atom. The maximum absolute atomic E-state index is 11.3. The first-order valence-electron chi connectivity index (χ1n) is 13.6. The molecule has 3 aromatic rings. The number of rotatable bonds is 12. The number of hydrogen-bond acceptors (Lipinski definition) is 9. The number of aliphatic hydroxyl groups excluding tert-OH is 2. The SMILES string of the molecule is COc1ccc(CO[C@@H]2[C@@H](OCc3ccccc3)[C@@H](CC3COC(C)(C)O3)O[C@H]2C(O)C(O)c2ccco2)cc1. The Balaban J connectivity index is 1.40. The first-order chi connectivity index (χ1) is 19.3. The molecule has 2 aliphatic rings. The maximum atomic E-state index is 11.3. The molecule has 0 radical (unpaired) electrons. The monoisotopic (exact) mass is 554 g/mol. The van der Waals surface area contributed by atoms with Gasteiger partial charge >= 0.3 is 0 Å². The number of aliphatic hydroxyl groups is 2. The molecule has 2 aromatic carbocycles. The van der Waals surface area contributed by atoms with Crippen LogP contribution in [0.2, 0.25) is 0 Å². The highest BCUT2D eigenvalue weighted by molar-refractivity contribution is 5.26. The van der Waals surface area contributed by atoms with Gasteiger partial charge in [0.15, 0.2) is 5.79 Å². The number of ether oxygens (including phenoxy) is 6. The summed E-state index contributed by atoms with van der Waals surface area (Å²) in [6.45, 7) is 4.73. The van der Waals surface area contributed by atoms with Crippen LogP contribution in [-0.4, -0.2) is 66.3 Å². The summed E-state index contributed by atoms with van der Waals surface area (Å²) in [4.78, 5) is 0. The number of benzene rings is 2. The third-order valence-electron chi connectivity index (χ3n) is 7.29. The zero-order valence-electron chi connectivity index (χ0n) is 23.1. The van der Waals surface area contributed by atoms with E-state index in [1.807, 2.05) is 68.4 Å². The Hall–Kier alpha value is -2.76. The highest BCUT2D eigenvalue weighted by atomic mass is 16.7. The molecule has 2 saturated heterocycles. The summed E-state index contributed by atoms with van der Waals surface area (Å²) in [5.41, 5.74) is 1.91. The molecule has 2 aliphatic heterocycles. The summed E-state index contributed by atoms with van der Waals surface area (Å²) in [5, 5.41) is 22.3. The van der Waals surface area contributed by atoms with Crippen LogP contribution in [0.4, 0.5) is 0 Å². The van der Waals surface area contributed by atoms with Crippen LogP contribution in [0, 0.1) is 0 Å². The van der Waals surface area contributed by atoms with Crippen LogP contribution in [0.1, 0.15) is 43.3 Å². The van der Waals surface area contributed by atoms with E-state index in [4.69, 9.17) is 32.8 Å². The summed E-state index contributed by atoms with van der Waals surface area (Å²) in [5.74, 6) is 0.292. The fourth-order valence-electron chi connectivity index (χ4n) is 5.24. The van der Waals surface area contributed by atoms with E-state index >= 15 is 0 Å². The molecule has 0 bridgehead atoms. The van der Waals surface area contributed by atoms with Crippen molar-refractivity contribution in [3.63, 3.8) is 0 Å². The molecule has 0 saturated carbocycles. The summed E-state index contributed by atoms with van der Waals surface area (Å²) in [7, 11) is 1.62. The van der Waals surface area contributed by atoms with Gasteiger partial charge in [-0.2, -0.15) is 0 Å². The van der Waals surface area contributed by atoms with Crippen LogP contribution in [0.25, 0.3) is 0 Å². The second-order valence-electron chi connectivity index (χ2n) is 10.7. The Morgan fingerprint density at radius 3 is 2.23 bits per heavy atom. The second-order valence-corrected chi connectivity index (χ2v) is 10.7. The first kappa shape index (κ1) is 28.8. The molecule has 216 valence electrons. The molecular weight excluding hydrogens is 516 g/mol. The highest BCUT2D eigenvalue weighted by Crippen LogP contribution is 2.37. The van der Waals surface area contributed by atoms with Crippen LogP contribution in [0.15, 0.2) is 77.4 Å². The maximum Gasteiger partial charge on any atom is 0.163 e. The summed E-state index contributed by atoms with van der Waals surface area (Å²) in [6, 6.07) is 20.7. The lowest BCUT2D eigenvalue weighted by Crippen LogP contribution is -2.44. The molecule has 2 N–H and O–H groups in total. The number of methoxy groups -OCH3 is 1. The molecule has 0 amide bonds. The molecule has 5 rings (SSSR count). The molecule has 3 unspecified atom stereocenters. The van der Waals surface area contributed by atoms with E-state index in [2.05, 4.69) is 0 Å². The van der Waals surface area contributed by atoms with E-state index in [-0.39, 0.29) is 18.5 Å². The van der Waals surface area contributed by atoms with E-state index in [0.29, 0.717) is 19.6 Å². The van der Waals surface area contributed by atoms with E-state index in [0.717, 1.165) is 16.9 Å². The van der Waals surface area contributed by atoms with Crippen LogP contribution in [0.3, 0.4) is 0 Å². The molecule has 3 heterocycles. The third-order valence-corrected chi connectivity index (χ3v) is 7.29. The standard InChI is InChI=1S/C31H38O9/c1-31(2)38-19-23(40-31)16-25-28(36-17-20-8-5-4-6-9-20)30(37-18-21-11-13-22(34-3)14-12-21)29(39-25)27(33)26(32)24-10-7-15-35-24/h4-15,23,25-30,32-33H,16-19H2,1-3H3/t23?,25-,26?,27?,28+,29+,30-/m1/s1. The molecule has 0 aliphatic carbocycles. The Morgan fingerprint density at radius 2 is 1.60 bits per heavy atom. The van der Waals surface area contributed by atoms with Gasteiger partial charge in [-0.05, 0) is 49.2 Å². The van der Waals surface area contributed by atoms with Crippen LogP contribution >= 0.6 is 0 Å². The van der Waals surface area contributed by atoms with E-state index < -0.39 is 42.4 Å². The van der Waals surface area contributed by atoms with E-state index in [1.54, 1.807) is 19.2 Å². The van der Waals surface area contributed by atoms with Gasteiger partial charge in [-0.25, -0.2) is 0 Å². The molecule has 7 atom stereocenters. The molecule has 2 fully saturated rings. The lowest BCUT2D eigenvalue weighted by Gasteiger charge is -2.28. The third kappa shape index (κ3) is 6.92. The fraction of sp³-hybridized carbons (Fsp3) is 0.484. The van der Waals surface area contributed by atoms with Crippen molar-refractivity contribution in [2.45, 2.75) is 82.0 Å². The zero-order valence-corrected chi connectivity index (χ0v) is 23.1. The van der Waals surface area contributed by atoms with Crippen molar-refractivity contribution >= 4 is 0 Å². The van der Waals surface area contributed by atoms with Gasteiger partial charge in [0.2, 0.25) is 0 Å². The van der Waals surface area contributed by atoms with Gasteiger partial charge in [0.05, 0.1) is 45.4 Å². The minimum Gasteiger partial charge on any atom is -0.497 e. The summed E-state index contributed by atoms with van der Waals surface area (Å²) >= 11 is 0. The molecule has 0 spiro atoms. The largest absolute Gasteiger partial charge is 0.497 e. The van der Waals surface area contributed by atoms with Crippen LogP contribution in [-0.2, 0) is 36.9 Å². The smallest absolute Gasteiger partial charge is 0.163 e. The van der Waals surface area contributed by atoms with Crippen LogP contribution < -0.4 is 4.74 Å². The minimum atomic E-state index is -1.34. The van der Waals surface area contributed by atoms with Crippen molar-refractivity contribution < 1.29 is 43.1 Å². The normalized spacial score (nSPS) is 27.5. The second kappa shape index (κ2) is 12.8. The topological polar surface area (TPSA) is 109 Å². The van der Waals surface area contributed by atoms with E-state index in [9.17, 15) is 10.2 Å². The molecular formula is C31H38O9. The average molecular weight is 555 g/mol. The number of furan rings is 1. The van der Waals surface area contributed by atoms with E-state index in [1.165, 1.54) is 6.26 Å². The molecule has 1 aromatic heterocycles. The van der Waals surface area contributed by atoms with Gasteiger partial charge in [-0.3, -0.25) is 0 Å². The predicted octanol–water partition coefficient (Wildman–Crippen LogP) is 4.16. The van der Waals surface area contributed by atoms with Gasteiger partial charge in [-0.1, -0.05) is 42.5 Å². The molecule has 40 heavy (non-hydrogen) atoms. The Bertz CT molecular complexity index is 1170. The Labute approximate surface area is 234 Å². The zero-order chi connectivity index (χ0) is 28.1. The fourth-order valence-corrected chi connectivity index (χ4v) is 5.24. The lowest BCUT2D eigenvalue weighted by atomic mass is 9.97. The number of hydrogen-bond donors (Lipinski definition) is 2. The van der Waals surface area contributed by atoms with Crippen molar-refractivity contribution in [1.29, 1.82) is 0 Å². The van der Waals surface area contributed by atoms with Crippen molar-refractivity contribution in [2.24, 2.45) is 0 Å². The first-order valence-corrected chi connectivity index (χ1v) is 13.6. The highest BCUT2D eigenvalue weighted by Gasteiger charge is 2.52.